The van der Waals surface area contributed by atoms with E-state index >= 15 is 0 Å². The molecular weight excluding hydrogens is 368 g/mol. The Morgan fingerprint density at radius 2 is 2.07 bits per heavy atom. The molecule has 1 aliphatic rings. The molecule has 0 aromatic carbocycles. The molecule has 0 radical (unpaired) electrons. The number of imidazole rings is 1. The van der Waals surface area contributed by atoms with Gasteiger partial charge in [0.15, 0.2) is 5.03 Å². The summed E-state index contributed by atoms with van der Waals surface area (Å²) in [7, 11) is -1.93. The molecule has 1 fully saturated rings. The van der Waals surface area contributed by atoms with E-state index in [2.05, 4.69) is 19.7 Å². The summed E-state index contributed by atoms with van der Waals surface area (Å²) in [6, 6.07) is 3.17. The van der Waals surface area contributed by atoms with Crippen LogP contribution in [0.4, 0.5) is 5.82 Å². The highest BCUT2D eigenvalue weighted by Crippen LogP contribution is 2.22. The smallest absolute Gasteiger partial charge is 0.267 e. The minimum absolute atomic E-state index is 0.0128. The Labute approximate surface area is 159 Å². The van der Waals surface area contributed by atoms with Crippen molar-refractivity contribution in [3.8, 4) is 0 Å². The monoisotopic (exact) mass is 394 g/mol. The summed E-state index contributed by atoms with van der Waals surface area (Å²) < 4.78 is 30.6. The molecular formula is C17H26N6O3S. The van der Waals surface area contributed by atoms with Gasteiger partial charge in [-0.3, -0.25) is 4.79 Å². The fraction of sp³-hybridized carbons (Fsp3) is 0.588. The fourth-order valence-corrected chi connectivity index (χ4v) is 4.31. The van der Waals surface area contributed by atoms with Crippen molar-refractivity contribution in [2.75, 3.05) is 18.0 Å². The molecule has 1 saturated heterocycles. The van der Waals surface area contributed by atoms with E-state index < -0.39 is 10.0 Å². The highest BCUT2D eigenvalue weighted by molar-refractivity contribution is 7.89. The average Bonchev–Trinajstić information content (AvgIpc) is 3.08. The second kappa shape index (κ2) is 7.81. The second-order valence-corrected chi connectivity index (χ2v) is 8.85. The van der Waals surface area contributed by atoms with Gasteiger partial charge in [-0.1, -0.05) is 0 Å². The van der Waals surface area contributed by atoms with E-state index in [-0.39, 0.29) is 29.2 Å². The van der Waals surface area contributed by atoms with E-state index in [4.69, 9.17) is 0 Å². The number of rotatable bonds is 6. The first-order chi connectivity index (χ1) is 12.8. The van der Waals surface area contributed by atoms with Crippen molar-refractivity contribution >= 4 is 15.8 Å². The lowest BCUT2D eigenvalue weighted by atomic mass is 10.0. The van der Waals surface area contributed by atoms with Crippen LogP contribution in [0.3, 0.4) is 0 Å². The van der Waals surface area contributed by atoms with Gasteiger partial charge >= 0.3 is 0 Å². The lowest BCUT2D eigenvalue weighted by Crippen LogP contribution is -2.47. The van der Waals surface area contributed by atoms with Crippen molar-refractivity contribution in [1.29, 1.82) is 0 Å². The van der Waals surface area contributed by atoms with Crippen LogP contribution in [-0.4, -0.2) is 46.9 Å². The summed E-state index contributed by atoms with van der Waals surface area (Å²) in [5.74, 6) is 0.699. The number of nitrogens with zero attached hydrogens (tertiary/aromatic N) is 5. The third-order valence-electron chi connectivity index (χ3n) is 4.69. The van der Waals surface area contributed by atoms with Gasteiger partial charge in [0.1, 0.15) is 5.82 Å². The summed E-state index contributed by atoms with van der Waals surface area (Å²) in [6.07, 6.45) is 5.82. The summed E-state index contributed by atoms with van der Waals surface area (Å²) in [5, 5.41) is 4.50. The predicted octanol–water partition coefficient (Wildman–Crippen LogP) is 0.895. The minimum atomic E-state index is -3.66. The zero-order valence-electron chi connectivity index (χ0n) is 15.9. The van der Waals surface area contributed by atoms with Crippen molar-refractivity contribution in [2.24, 2.45) is 7.05 Å². The number of hydrogen-bond acceptors (Lipinski definition) is 6. The molecule has 0 aliphatic carbocycles. The van der Waals surface area contributed by atoms with Crippen molar-refractivity contribution in [3.05, 3.63) is 35.0 Å². The molecule has 0 amide bonds. The van der Waals surface area contributed by atoms with E-state index in [9.17, 15) is 13.2 Å². The van der Waals surface area contributed by atoms with Gasteiger partial charge in [0.2, 0.25) is 0 Å². The summed E-state index contributed by atoms with van der Waals surface area (Å²) >= 11 is 0. The topological polar surface area (TPSA) is 102 Å². The lowest BCUT2D eigenvalue weighted by Gasteiger charge is -2.36. The van der Waals surface area contributed by atoms with Gasteiger partial charge in [0.25, 0.3) is 15.6 Å². The summed E-state index contributed by atoms with van der Waals surface area (Å²) in [4.78, 5) is 18.0. The fourth-order valence-electron chi connectivity index (χ4n) is 3.26. The van der Waals surface area contributed by atoms with Gasteiger partial charge in [0, 0.05) is 38.4 Å². The molecule has 1 atom stereocenters. The van der Waals surface area contributed by atoms with Crippen molar-refractivity contribution in [3.63, 3.8) is 0 Å². The van der Waals surface area contributed by atoms with Crippen LogP contribution in [-0.2, 0) is 17.1 Å². The lowest BCUT2D eigenvalue weighted by molar-refractivity contribution is 0.437. The highest BCUT2D eigenvalue weighted by Gasteiger charge is 2.27. The number of sulfonamides is 1. The normalized spacial score (nSPS) is 18.2. The van der Waals surface area contributed by atoms with E-state index in [0.29, 0.717) is 5.82 Å². The maximum Gasteiger partial charge on any atom is 0.267 e. The van der Waals surface area contributed by atoms with Crippen LogP contribution in [0, 0.1) is 0 Å². The summed E-state index contributed by atoms with van der Waals surface area (Å²) in [6.45, 7) is 4.86. The summed E-state index contributed by atoms with van der Waals surface area (Å²) in [5.41, 5.74) is -0.141. The molecule has 1 unspecified atom stereocenters. The van der Waals surface area contributed by atoms with Gasteiger partial charge in [-0.15, -0.1) is 0 Å². The third kappa shape index (κ3) is 4.38. The minimum Gasteiger partial charge on any atom is -0.351 e. The molecule has 9 nitrogen and oxygen atoms in total. The van der Waals surface area contributed by atoms with Crippen LogP contribution < -0.4 is 15.2 Å². The molecule has 0 bridgehead atoms. The molecule has 148 valence electrons. The van der Waals surface area contributed by atoms with Crippen molar-refractivity contribution in [1.82, 2.24) is 24.1 Å². The van der Waals surface area contributed by atoms with Crippen LogP contribution in [0.1, 0.15) is 39.2 Å². The number of anilines is 1. The number of hydrogen-bond donors (Lipinski definition) is 1. The van der Waals surface area contributed by atoms with Gasteiger partial charge in [-0.25, -0.2) is 22.8 Å². The first-order valence-electron chi connectivity index (χ1n) is 9.12. The molecule has 0 spiro atoms. The first kappa shape index (κ1) is 19.6. The SMILES string of the molecule is CC(C)n1nc(N2CCCCC2CNS(=O)(=O)c2cn(C)cn2)ccc1=O. The quantitative estimate of drug-likeness (QED) is 0.781. The maximum atomic E-state index is 12.5. The highest BCUT2D eigenvalue weighted by atomic mass is 32.2. The van der Waals surface area contributed by atoms with E-state index in [1.165, 1.54) is 23.3 Å². The Morgan fingerprint density at radius 3 is 2.74 bits per heavy atom. The number of nitrogens with one attached hydrogen (secondary N) is 1. The van der Waals surface area contributed by atoms with Gasteiger partial charge in [-0.2, -0.15) is 5.10 Å². The number of piperidine rings is 1. The van der Waals surface area contributed by atoms with Crippen LogP contribution in [0.25, 0.3) is 0 Å². The predicted molar refractivity (Wildman–Crippen MR) is 102 cm³/mol. The zero-order valence-corrected chi connectivity index (χ0v) is 16.7. The zero-order chi connectivity index (χ0) is 19.6. The van der Waals surface area contributed by atoms with Crippen LogP contribution in [0.5, 0.6) is 0 Å². The molecule has 2 aromatic heterocycles. The van der Waals surface area contributed by atoms with Crippen LogP contribution in [0.2, 0.25) is 0 Å². The molecule has 3 rings (SSSR count). The van der Waals surface area contributed by atoms with Gasteiger partial charge in [-0.05, 0) is 39.2 Å². The Bertz CT molecular complexity index is 950. The third-order valence-corrected chi connectivity index (χ3v) is 6.00. The van der Waals surface area contributed by atoms with Crippen LogP contribution >= 0.6 is 0 Å². The number of aryl methyl sites for hydroxylation is 1. The molecule has 27 heavy (non-hydrogen) atoms. The average molecular weight is 395 g/mol. The van der Waals surface area contributed by atoms with Crippen molar-refractivity contribution in [2.45, 2.75) is 50.2 Å². The second-order valence-electron chi connectivity index (χ2n) is 7.14. The molecule has 10 heteroatoms. The Kier molecular flexibility index (Phi) is 5.66. The molecule has 2 aromatic rings. The largest absolute Gasteiger partial charge is 0.351 e. The van der Waals surface area contributed by atoms with E-state index in [1.54, 1.807) is 17.7 Å². The molecule has 3 heterocycles. The van der Waals surface area contributed by atoms with E-state index in [1.807, 2.05) is 13.8 Å². The van der Waals surface area contributed by atoms with Gasteiger partial charge in [0.05, 0.1) is 12.4 Å². The first-order valence-corrected chi connectivity index (χ1v) is 10.6. The Morgan fingerprint density at radius 1 is 1.30 bits per heavy atom. The van der Waals surface area contributed by atoms with E-state index in [0.717, 1.165) is 25.8 Å². The molecule has 1 aliphatic heterocycles. The standard InChI is InChI=1S/C17H26N6O3S/c1-13(2)23-17(24)8-7-15(20-23)22-9-5-4-6-14(22)10-19-27(25,26)16-11-21(3)12-18-16/h7-8,11-14,19H,4-6,9-10H2,1-3H3. The van der Waals surface area contributed by atoms with Gasteiger partial charge < -0.3 is 9.47 Å². The molecule has 0 saturated carbocycles. The number of aromatic nitrogens is 4. The Balaban J connectivity index is 1.78. The van der Waals surface area contributed by atoms with Crippen LogP contribution in [0.15, 0.2) is 34.5 Å². The maximum absolute atomic E-state index is 12.5. The van der Waals surface area contributed by atoms with Crippen molar-refractivity contribution < 1.29 is 8.42 Å². The molecule has 1 N–H and O–H groups in total. The Hall–Kier alpha value is -2.20.